The van der Waals surface area contributed by atoms with Gasteiger partial charge in [-0.1, -0.05) is 46.6 Å². The fraction of sp³-hybridized carbons (Fsp3) is 0.125. The van der Waals surface area contributed by atoms with E-state index < -0.39 is 6.04 Å². The molecule has 9 heteroatoms. The summed E-state index contributed by atoms with van der Waals surface area (Å²) in [5.41, 5.74) is 3.73. The third-order valence-corrected chi connectivity index (χ3v) is 6.99. The van der Waals surface area contributed by atoms with Crippen LogP contribution in [0.25, 0.3) is 16.3 Å². The van der Waals surface area contributed by atoms with Gasteiger partial charge in [-0.25, -0.2) is 4.79 Å². The van der Waals surface area contributed by atoms with Crippen LogP contribution in [-0.4, -0.2) is 16.2 Å². The second-order valence-corrected chi connectivity index (χ2v) is 9.40. The molecule has 1 atom stereocenters. The Kier molecular flexibility index (Phi) is 5.70. The van der Waals surface area contributed by atoms with Gasteiger partial charge >= 0.3 is 6.03 Å². The Bertz CT molecular complexity index is 1380. The molecule has 0 aliphatic carbocycles. The molecule has 0 saturated heterocycles. The van der Waals surface area contributed by atoms with Crippen molar-refractivity contribution in [1.82, 2.24) is 15.5 Å². The van der Waals surface area contributed by atoms with Crippen molar-refractivity contribution in [2.45, 2.75) is 19.9 Å². The number of hydrogen-bond acceptors (Lipinski definition) is 5. The van der Waals surface area contributed by atoms with Crippen molar-refractivity contribution < 1.29 is 9.32 Å². The Balaban J connectivity index is 1.68. The van der Waals surface area contributed by atoms with Crippen molar-refractivity contribution in [3.05, 3.63) is 92.7 Å². The molecule has 1 aliphatic heterocycles. The van der Waals surface area contributed by atoms with Crippen LogP contribution in [0.2, 0.25) is 10.0 Å². The van der Waals surface area contributed by atoms with Gasteiger partial charge in [-0.15, -0.1) is 11.3 Å². The van der Waals surface area contributed by atoms with Gasteiger partial charge in [-0.2, -0.15) is 4.98 Å². The maximum atomic E-state index is 13.3. The van der Waals surface area contributed by atoms with Crippen molar-refractivity contribution >= 4 is 51.8 Å². The number of nitrogens with zero attached hydrogens (tertiary/aromatic N) is 3. The largest absolute Gasteiger partial charge is 0.334 e. The molecule has 1 N–H and O–H groups in total. The average molecular weight is 497 g/mol. The molecule has 0 saturated carbocycles. The molecule has 0 bridgehead atoms. The minimum absolute atomic E-state index is 0.277. The number of halogens is 2. The molecule has 4 aromatic rings. The highest BCUT2D eigenvalue weighted by Gasteiger charge is 2.36. The number of amides is 2. The fourth-order valence-electron chi connectivity index (χ4n) is 3.87. The van der Waals surface area contributed by atoms with Gasteiger partial charge in [0.1, 0.15) is 0 Å². The lowest BCUT2D eigenvalue weighted by Gasteiger charge is -2.35. The number of aryl methyl sites for hydroxylation is 1. The number of carbonyl (C=O) groups excluding carboxylic acids is 1. The molecule has 166 valence electrons. The number of hydrogen-bond donors (Lipinski definition) is 1. The molecule has 2 amide bonds. The van der Waals surface area contributed by atoms with Crippen LogP contribution in [0.3, 0.4) is 0 Å². The first kappa shape index (κ1) is 21.7. The minimum atomic E-state index is -0.516. The Morgan fingerprint density at radius 3 is 2.67 bits per heavy atom. The van der Waals surface area contributed by atoms with Gasteiger partial charge < -0.3 is 9.84 Å². The number of nitrogens with one attached hydrogen (secondary N) is 1. The Morgan fingerprint density at radius 2 is 1.94 bits per heavy atom. The van der Waals surface area contributed by atoms with Crippen molar-refractivity contribution in [1.29, 1.82) is 0 Å². The molecule has 2 aromatic carbocycles. The van der Waals surface area contributed by atoms with Crippen molar-refractivity contribution in [2.75, 3.05) is 4.90 Å². The number of rotatable bonds is 4. The zero-order chi connectivity index (χ0) is 23.1. The molecule has 1 unspecified atom stereocenters. The predicted molar refractivity (Wildman–Crippen MR) is 132 cm³/mol. The van der Waals surface area contributed by atoms with E-state index in [2.05, 4.69) is 15.5 Å². The topological polar surface area (TPSA) is 71.3 Å². The summed E-state index contributed by atoms with van der Waals surface area (Å²) >= 11 is 14.0. The Morgan fingerprint density at radius 1 is 1.09 bits per heavy atom. The second-order valence-electron chi connectivity index (χ2n) is 7.61. The quantitative estimate of drug-likeness (QED) is 0.326. The molecule has 3 heterocycles. The lowest BCUT2D eigenvalue weighted by molar-refractivity contribution is 0.244. The van der Waals surface area contributed by atoms with E-state index in [4.69, 9.17) is 27.7 Å². The SMILES string of the molecule is CC1=C(c2nc(-c3cccs3)no2)C(c2cccc(Cl)c2)NC(=O)N1c1ccc(Cl)c(C)c1. The molecule has 0 fully saturated rings. The highest BCUT2D eigenvalue weighted by atomic mass is 35.5. The minimum Gasteiger partial charge on any atom is -0.334 e. The number of aromatic nitrogens is 2. The number of benzene rings is 2. The van der Waals surface area contributed by atoms with E-state index in [1.54, 1.807) is 23.1 Å². The zero-order valence-electron chi connectivity index (χ0n) is 17.7. The molecule has 6 nitrogen and oxygen atoms in total. The summed E-state index contributed by atoms with van der Waals surface area (Å²) in [6, 6.07) is 15.9. The van der Waals surface area contributed by atoms with Crippen LogP contribution in [0.1, 0.15) is 30.0 Å². The first-order valence-corrected chi connectivity index (χ1v) is 11.8. The highest BCUT2D eigenvalue weighted by Crippen LogP contribution is 2.40. The van der Waals surface area contributed by atoms with Gasteiger partial charge in [0, 0.05) is 15.7 Å². The van der Waals surface area contributed by atoms with Gasteiger partial charge in [0.2, 0.25) is 5.82 Å². The normalized spacial score (nSPS) is 16.3. The van der Waals surface area contributed by atoms with Crippen molar-refractivity contribution in [3.63, 3.8) is 0 Å². The number of thiophene rings is 1. The van der Waals surface area contributed by atoms with Gasteiger partial charge in [0.05, 0.1) is 22.2 Å². The molecule has 5 rings (SSSR count). The van der Waals surface area contributed by atoms with Gasteiger partial charge in [0.15, 0.2) is 0 Å². The summed E-state index contributed by atoms with van der Waals surface area (Å²) < 4.78 is 5.70. The molecular weight excluding hydrogens is 479 g/mol. The standard InChI is InChI=1S/C24H18Cl2N4O2S/c1-13-11-17(8-9-18(13)26)30-14(2)20(23-28-22(29-32-23)19-7-4-10-33-19)21(27-24(30)31)15-5-3-6-16(25)12-15/h3-12,21H,1-2H3,(H,27,31). The summed E-state index contributed by atoms with van der Waals surface area (Å²) in [5, 5.41) is 10.4. The van der Waals surface area contributed by atoms with Crippen LogP contribution in [-0.2, 0) is 0 Å². The number of allylic oxidation sites excluding steroid dienone is 1. The van der Waals surface area contributed by atoms with E-state index in [0.717, 1.165) is 16.0 Å². The Hall–Kier alpha value is -3.13. The highest BCUT2D eigenvalue weighted by molar-refractivity contribution is 7.13. The number of carbonyl (C=O) groups is 1. The Labute approximate surface area is 204 Å². The molecule has 1 aliphatic rings. The monoisotopic (exact) mass is 496 g/mol. The maximum absolute atomic E-state index is 13.3. The van der Waals surface area contributed by atoms with Gasteiger partial charge in [-0.3, -0.25) is 4.90 Å². The zero-order valence-corrected chi connectivity index (χ0v) is 20.0. The van der Waals surface area contributed by atoms with E-state index in [1.807, 2.05) is 55.6 Å². The number of urea groups is 1. The second kappa shape index (κ2) is 8.67. The smallest absolute Gasteiger partial charge is 0.326 e. The van der Waals surface area contributed by atoms with Crippen LogP contribution in [0.15, 0.2) is 70.2 Å². The molecule has 2 aromatic heterocycles. The summed E-state index contributed by atoms with van der Waals surface area (Å²) in [6.45, 7) is 3.76. The third kappa shape index (κ3) is 4.04. The van der Waals surface area contributed by atoms with Crippen LogP contribution in [0.4, 0.5) is 10.5 Å². The van der Waals surface area contributed by atoms with Gasteiger partial charge in [-0.05, 0) is 66.8 Å². The third-order valence-electron chi connectivity index (χ3n) is 5.46. The molecule has 33 heavy (non-hydrogen) atoms. The van der Waals surface area contributed by atoms with Crippen LogP contribution >= 0.6 is 34.5 Å². The first-order chi connectivity index (χ1) is 15.9. The predicted octanol–water partition coefficient (Wildman–Crippen LogP) is 7.12. The van der Waals surface area contributed by atoms with E-state index >= 15 is 0 Å². The van der Waals surface area contributed by atoms with Crippen molar-refractivity contribution in [2.24, 2.45) is 0 Å². The molecule has 0 radical (unpaired) electrons. The fourth-order valence-corrected chi connectivity index (χ4v) is 4.84. The van der Waals surface area contributed by atoms with E-state index in [9.17, 15) is 4.79 Å². The molecule has 0 spiro atoms. The number of anilines is 1. The summed E-state index contributed by atoms with van der Waals surface area (Å²) in [4.78, 5) is 20.4. The van der Waals surface area contributed by atoms with Gasteiger partial charge in [0.25, 0.3) is 5.89 Å². The van der Waals surface area contributed by atoms with E-state index in [1.165, 1.54) is 11.3 Å². The maximum Gasteiger partial charge on any atom is 0.326 e. The summed E-state index contributed by atoms with van der Waals surface area (Å²) in [6.07, 6.45) is 0. The van der Waals surface area contributed by atoms with Crippen LogP contribution in [0, 0.1) is 6.92 Å². The van der Waals surface area contributed by atoms with Crippen LogP contribution in [0.5, 0.6) is 0 Å². The molecular formula is C24H18Cl2N4O2S. The lowest BCUT2D eigenvalue weighted by atomic mass is 9.94. The van der Waals surface area contributed by atoms with E-state index in [-0.39, 0.29) is 6.03 Å². The van der Waals surface area contributed by atoms with Crippen molar-refractivity contribution in [3.8, 4) is 10.7 Å². The summed E-state index contributed by atoms with van der Waals surface area (Å²) in [7, 11) is 0. The van der Waals surface area contributed by atoms with Crippen LogP contribution < -0.4 is 10.2 Å². The van der Waals surface area contributed by atoms with E-state index in [0.29, 0.717) is 38.7 Å². The summed E-state index contributed by atoms with van der Waals surface area (Å²) in [5.74, 6) is 0.826. The average Bonchev–Trinajstić information content (AvgIpc) is 3.48. The first-order valence-electron chi connectivity index (χ1n) is 10.1. The lowest BCUT2D eigenvalue weighted by Crippen LogP contribution is -2.46.